The van der Waals surface area contributed by atoms with Crippen molar-refractivity contribution in [3.8, 4) is 11.3 Å². The van der Waals surface area contributed by atoms with E-state index in [4.69, 9.17) is 4.42 Å². The van der Waals surface area contributed by atoms with Crippen LogP contribution in [0.1, 0.15) is 23.9 Å². The van der Waals surface area contributed by atoms with Crippen molar-refractivity contribution in [1.29, 1.82) is 0 Å². The SMILES string of the molecule is CCC(=O)N1CCN(c2ccc(NC(=O)c3ccc(-c4ccccc4[N+](=O)[O-])o3)cc2)CC1. The van der Waals surface area contributed by atoms with Crippen molar-refractivity contribution < 1.29 is 18.9 Å². The summed E-state index contributed by atoms with van der Waals surface area (Å²) in [7, 11) is 0. The molecule has 0 spiro atoms. The third kappa shape index (κ3) is 4.87. The average molecular weight is 448 g/mol. The normalized spacial score (nSPS) is 13.6. The van der Waals surface area contributed by atoms with Crippen molar-refractivity contribution in [1.82, 2.24) is 4.90 Å². The quantitative estimate of drug-likeness (QED) is 0.448. The highest BCUT2D eigenvalue weighted by atomic mass is 16.6. The molecule has 0 atom stereocenters. The molecule has 9 heteroatoms. The fourth-order valence-corrected chi connectivity index (χ4v) is 3.83. The van der Waals surface area contributed by atoms with Crippen LogP contribution in [-0.4, -0.2) is 47.8 Å². The number of carbonyl (C=O) groups excluding carboxylic acids is 2. The molecule has 0 saturated carbocycles. The summed E-state index contributed by atoms with van der Waals surface area (Å²) in [4.78, 5) is 39.3. The molecule has 0 bridgehead atoms. The monoisotopic (exact) mass is 448 g/mol. The van der Waals surface area contributed by atoms with Crippen LogP contribution >= 0.6 is 0 Å². The van der Waals surface area contributed by atoms with Gasteiger partial charge in [-0.3, -0.25) is 19.7 Å². The van der Waals surface area contributed by atoms with Crippen molar-refractivity contribution in [2.75, 3.05) is 36.4 Å². The summed E-state index contributed by atoms with van der Waals surface area (Å²) in [5.74, 6) is 0.0439. The van der Waals surface area contributed by atoms with Gasteiger partial charge in [-0.25, -0.2) is 0 Å². The summed E-state index contributed by atoms with van der Waals surface area (Å²) in [5.41, 5.74) is 1.85. The molecule has 33 heavy (non-hydrogen) atoms. The Labute approximate surface area is 190 Å². The molecular formula is C24H24N4O5. The first-order chi connectivity index (χ1) is 16.0. The molecule has 3 aromatic rings. The molecule has 9 nitrogen and oxygen atoms in total. The molecule has 1 aromatic heterocycles. The lowest BCUT2D eigenvalue weighted by atomic mass is 10.1. The van der Waals surface area contributed by atoms with E-state index >= 15 is 0 Å². The fourth-order valence-electron chi connectivity index (χ4n) is 3.83. The first kappa shape index (κ1) is 22.1. The Bertz CT molecular complexity index is 1160. The van der Waals surface area contributed by atoms with Crippen LogP contribution in [0.3, 0.4) is 0 Å². The number of furan rings is 1. The highest BCUT2D eigenvalue weighted by Gasteiger charge is 2.21. The van der Waals surface area contributed by atoms with E-state index in [0.717, 1.165) is 18.8 Å². The van der Waals surface area contributed by atoms with Crippen LogP contribution in [-0.2, 0) is 4.79 Å². The number of nitro benzene ring substituents is 1. The van der Waals surface area contributed by atoms with E-state index in [9.17, 15) is 19.7 Å². The molecule has 1 aliphatic heterocycles. The molecule has 1 aliphatic rings. The van der Waals surface area contributed by atoms with Crippen molar-refractivity contribution >= 4 is 28.9 Å². The highest BCUT2D eigenvalue weighted by molar-refractivity contribution is 6.02. The standard InChI is InChI=1S/C24H24N4O5/c1-2-23(29)27-15-13-26(14-16-27)18-9-7-17(8-10-18)25-24(30)22-12-11-21(33-22)19-5-3-4-6-20(19)28(31)32/h3-12H,2,13-16H2,1H3,(H,25,30). The Morgan fingerprint density at radius 3 is 2.36 bits per heavy atom. The van der Waals surface area contributed by atoms with Crippen molar-refractivity contribution in [3.05, 3.63) is 76.5 Å². The lowest BCUT2D eigenvalue weighted by Gasteiger charge is -2.36. The molecule has 0 aliphatic carbocycles. The zero-order valence-electron chi connectivity index (χ0n) is 18.2. The van der Waals surface area contributed by atoms with E-state index in [1.54, 1.807) is 24.3 Å². The number of para-hydroxylation sites is 1. The first-order valence-corrected chi connectivity index (χ1v) is 10.7. The largest absolute Gasteiger partial charge is 0.451 e. The van der Waals surface area contributed by atoms with Crippen LogP contribution in [0.2, 0.25) is 0 Å². The molecule has 4 rings (SSSR count). The number of hydrogen-bond donors (Lipinski definition) is 1. The van der Waals surface area contributed by atoms with Gasteiger partial charge in [0.25, 0.3) is 11.6 Å². The number of hydrogen-bond acceptors (Lipinski definition) is 6. The number of nitrogens with zero attached hydrogens (tertiary/aromatic N) is 3. The minimum absolute atomic E-state index is 0.0592. The topological polar surface area (TPSA) is 109 Å². The molecule has 2 amide bonds. The second-order valence-electron chi connectivity index (χ2n) is 7.66. The minimum atomic E-state index is -0.485. The molecule has 2 heterocycles. The van der Waals surface area contributed by atoms with Gasteiger partial charge >= 0.3 is 0 Å². The maximum atomic E-state index is 12.6. The zero-order chi connectivity index (χ0) is 23.4. The lowest BCUT2D eigenvalue weighted by Crippen LogP contribution is -2.48. The Morgan fingerprint density at radius 2 is 1.70 bits per heavy atom. The number of nitro groups is 1. The smallest absolute Gasteiger partial charge is 0.291 e. The zero-order valence-corrected chi connectivity index (χ0v) is 18.2. The number of amides is 2. The van der Waals surface area contributed by atoms with Crippen LogP contribution < -0.4 is 10.2 Å². The predicted octanol–water partition coefficient (Wildman–Crippen LogP) is 4.17. The van der Waals surface area contributed by atoms with Crippen LogP contribution in [0, 0.1) is 10.1 Å². The van der Waals surface area contributed by atoms with Gasteiger partial charge in [-0.15, -0.1) is 0 Å². The van der Waals surface area contributed by atoms with E-state index in [2.05, 4.69) is 10.2 Å². The number of nitrogens with one attached hydrogen (secondary N) is 1. The van der Waals surface area contributed by atoms with E-state index in [1.165, 1.54) is 12.1 Å². The van der Waals surface area contributed by atoms with Crippen LogP contribution in [0.15, 0.2) is 65.1 Å². The summed E-state index contributed by atoms with van der Waals surface area (Å²) in [6.45, 7) is 4.80. The average Bonchev–Trinajstić information content (AvgIpc) is 3.34. The van der Waals surface area contributed by atoms with E-state index < -0.39 is 10.8 Å². The first-order valence-electron chi connectivity index (χ1n) is 10.7. The van der Waals surface area contributed by atoms with Gasteiger partial charge in [0.05, 0.1) is 10.5 Å². The second kappa shape index (κ2) is 9.56. The third-order valence-corrected chi connectivity index (χ3v) is 5.62. The number of piperazine rings is 1. The summed E-state index contributed by atoms with van der Waals surface area (Å²) in [6.07, 6.45) is 0.522. The third-order valence-electron chi connectivity index (χ3n) is 5.62. The Morgan fingerprint density at radius 1 is 1.00 bits per heavy atom. The van der Waals surface area contributed by atoms with Gasteiger partial charge in [-0.1, -0.05) is 19.1 Å². The Kier molecular flexibility index (Phi) is 6.39. The number of rotatable bonds is 6. The van der Waals surface area contributed by atoms with Gasteiger partial charge in [0.15, 0.2) is 5.76 Å². The van der Waals surface area contributed by atoms with Gasteiger partial charge < -0.3 is 19.5 Å². The van der Waals surface area contributed by atoms with Gasteiger partial charge in [0.1, 0.15) is 5.76 Å². The van der Waals surface area contributed by atoms with E-state index in [-0.39, 0.29) is 23.1 Å². The maximum Gasteiger partial charge on any atom is 0.291 e. The maximum absolute atomic E-state index is 12.6. The summed E-state index contributed by atoms with van der Waals surface area (Å²) >= 11 is 0. The molecule has 1 saturated heterocycles. The van der Waals surface area contributed by atoms with Gasteiger partial charge in [0.2, 0.25) is 5.91 Å². The molecular weight excluding hydrogens is 424 g/mol. The summed E-state index contributed by atoms with van der Waals surface area (Å²) < 4.78 is 5.60. The highest BCUT2D eigenvalue weighted by Crippen LogP contribution is 2.31. The predicted molar refractivity (Wildman–Crippen MR) is 124 cm³/mol. The Hall–Kier alpha value is -4.14. The van der Waals surface area contributed by atoms with Crippen LogP contribution in [0.25, 0.3) is 11.3 Å². The van der Waals surface area contributed by atoms with Gasteiger partial charge in [-0.05, 0) is 42.5 Å². The molecule has 2 aromatic carbocycles. The van der Waals surface area contributed by atoms with Crippen LogP contribution in [0.4, 0.5) is 17.1 Å². The fraction of sp³-hybridized carbons (Fsp3) is 0.250. The number of anilines is 2. The molecule has 0 unspecified atom stereocenters. The lowest BCUT2D eigenvalue weighted by molar-refractivity contribution is -0.384. The number of carbonyl (C=O) groups is 2. The molecule has 0 radical (unpaired) electrons. The molecule has 170 valence electrons. The van der Waals surface area contributed by atoms with Gasteiger partial charge in [0, 0.05) is 50.0 Å². The minimum Gasteiger partial charge on any atom is -0.451 e. The van der Waals surface area contributed by atoms with Crippen molar-refractivity contribution in [2.24, 2.45) is 0 Å². The van der Waals surface area contributed by atoms with E-state index in [0.29, 0.717) is 30.8 Å². The Balaban J connectivity index is 1.39. The summed E-state index contributed by atoms with van der Waals surface area (Å²) in [5, 5.41) is 14.0. The van der Waals surface area contributed by atoms with E-state index in [1.807, 2.05) is 36.1 Å². The molecule has 1 N–H and O–H groups in total. The van der Waals surface area contributed by atoms with Gasteiger partial charge in [-0.2, -0.15) is 0 Å². The molecule has 1 fully saturated rings. The second-order valence-corrected chi connectivity index (χ2v) is 7.66. The van der Waals surface area contributed by atoms with Crippen molar-refractivity contribution in [2.45, 2.75) is 13.3 Å². The summed E-state index contributed by atoms with van der Waals surface area (Å²) in [6, 6.07) is 16.7. The number of benzene rings is 2. The van der Waals surface area contributed by atoms with Crippen molar-refractivity contribution in [3.63, 3.8) is 0 Å². The van der Waals surface area contributed by atoms with Crippen LogP contribution in [0.5, 0.6) is 0 Å².